The number of hydrogen-bond donors (Lipinski definition) is 1. The first-order valence-electron chi connectivity index (χ1n) is 13.3. The maximum Gasteiger partial charge on any atom is 0.300 e. The van der Waals surface area contributed by atoms with Crippen LogP contribution in [0.25, 0.3) is 5.76 Å². The zero-order chi connectivity index (χ0) is 27.8. The fraction of sp³-hybridized carbons (Fsp3) is 0.355. The van der Waals surface area contributed by atoms with Crippen LogP contribution in [0.3, 0.4) is 0 Å². The fourth-order valence-corrected chi connectivity index (χ4v) is 5.43. The molecule has 0 saturated carbocycles. The molecule has 2 aliphatic rings. The number of likely N-dealkylation sites (N-methyl/N-ethyl adjacent to an activating group) is 1. The van der Waals surface area contributed by atoms with Crippen LogP contribution in [0.15, 0.2) is 64.8 Å². The van der Waals surface area contributed by atoms with E-state index in [0.717, 1.165) is 43.0 Å². The highest BCUT2D eigenvalue weighted by molar-refractivity contribution is 6.51. The molecule has 1 unspecified atom stereocenters. The number of aliphatic hydroxyl groups is 1. The monoisotopic (exact) mass is 529 g/mol. The molecule has 2 fully saturated rings. The normalized spacial score (nSPS) is 19.8. The van der Waals surface area contributed by atoms with Crippen molar-refractivity contribution >= 4 is 28.8 Å². The first kappa shape index (κ1) is 26.6. The van der Waals surface area contributed by atoms with E-state index in [0.29, 0.717) is 22.8 Å². The van der Waals surface area contributed by atoms with Crippen molar-refractivity contribution in [3.05, 3.63) is 82.8 Å². The summed E-state index contributed by atoms with van der Waals surface area (Å²) in [5.74, 6) is -0.460. The summed E-state index contributed by atoms with van der Waals surface area (Å²) in [6.07, 6.45) is 1.50. The van der Waals surface area contributed by atoms with Gasteiger partial charge in [0.1, 0.15) is 23.3 Å². The molecule has 1 atom stereocenters. The number of furan rings is 1. The van der Waals surface area contributed by atoms with Gasteiger partial charge in [-0.15, -0.1) is 0 Å². The number of hydrogen-bond acceptors (Lipinski definition) is 7. The molecule has 5 rings (SSSR count). The quantitative estimate of drug-likeness (QED) is 0.270. The van der Waals surface area contributed by atoms with E-state index in [4.69, 9.17) is 9.15 Å². The molecule has 0 bridgehead atoms. The number of aliphatic hydroxyl groups excluding tert-OH is 1. The predicted molar refractivity (Wildman–Crippen MR) is 151 cm³/mol. The van der Waals surface area contributed by atoms with Gasteiger partial charge in [-0.3, -0.25) is 14.5 Å². The Balaban J connectivity index is 1.59. The molecule has 2 aromatic carbocycles. The Kier molecular flexibility index (Phi) is 7.23. The summed E-state index contributed by atoms with van der Waals surface area (Å²) in [5, 5.41) is 11.6. The summed E-state index contributed by atoms with van der Waals surface area (Å²) < 4.78 is 11.3. The van der Waals surface area contributed by atoms with Crippen LogP contribution in [-0.4, -0.2) is 62.0 Å². The van der Waals surface area contributed by atoms with E-state index in [9.17, 15) is 14.7 Å². The number of anilines is 2. The molecule has 3 heterocycles. The molecular formula is C31H35N3O5. The topological polar surface area (TPSA) is 86.5 Å². The Morgan fingerprint density at radius 1 is 1.03 bits per heavy atom. The standard InChI is InChI=1S/C31H35N3O5/c1-19(2)23-18-24(20(3)17-26(23)38-5)29(35)27-28(25-7-6-16-39-25)34(31(37)30(27)36)22-10-8-21(9-11-22)33-14-12-32(4)13-15-33/h6-11,16-19,28,35H,12-15H2,1-5H3/b29-27+. The van der Waals surface area contributed by atoms with Crippen molar-refractivity contribution in [2.45, 2.75) is 32.7 Å². The van der Waals surface area contributed by atoms with Crippen LogP contribution in [-0.2, 0) is 9.59 Å². The molecule has 0 aliphatic carbocycles. The second-order valence-corrected chi connectivity index (χ2v) is 10.6. The lowest BCUT2D eigenvalue weighted by Crippen LogP contribution is -2.44. The van der Waals surface area contributed by atoms with Crippen molar-refractivity contribution in [1.82, 2.24) is 4.90 Å². The molecule has 3 aromatic rings. The van der Waals surface area contributed by atoms with Gasteiger partial charge in [-0.05, 0) is 79.5 Å². The summed E-state index contributed by atoms with van der Waals surface area (Å²) in [4.78, 5) is 33.0. The van der Waals surface area contributed by atoms with Gasteiger partial charge in [0.25, 0.3) is 11.7 Å². The summed E-state index contributed by atoms with van der Waals surface area (Å²) in [7, 11) is 3.72. The van der Waals surface area contributed by atoms with E-state index in [1.165, 1.54) is 11.2 Å². The van der Waals surface area contributed by atoms with Crippen molar-refractivity contribution in [2.24, 2.45) is 0 Å². The highest BCUT2D eigenvalue weighted by Crippen LogP contribution is 2.44. The number of carbonyl (C=O) groups excluding carboxylic acids is 2. The number of methoxy groups -OCH3 is 1. The number of ether oxygens (including phenoxy) is 1. The number of carbonyl (C=O) groups is 2. The number of ketones is 1. The Hall–Kier alpha value is -4.04. The first-order valence-corrected chi connectivity index (χ1v) is 13.3. The molecular weight excluding hydrogens is 494 g/mol. The number of aryl methyl sites for hydroxylation is 1. The Labute approximate surface area is 229 Å². The lowest BCUT2D eigenvalue weighted by molar-refractivity contribution is -0.132. The number of Topliss-reactive ketones (excluding diaryl/α,β-unsaturated/α-hetero) is 1. The molecule has 2 saturated heterocycles. The van der Waals surface area contributed by atoms with Crippen molar-refractivity contribution in [2.75, 3.05) is 50.1 Å². The minimum atomic E-state index is -0.904. The van der Waals surface area contributed by atoms with Crippen molar-refractivity contribution in [1.29, 1.82) is 0 Å². The van der Waals surface area contributed by atoms with Crippen LogP contribution >= 0.6 is 0 Å². The van der Waals surface area contributed by atoms with Gasteiger partial charge in [-0.2, -0.15) is 0 Å². The molecule has 0 radical (unpaired) electrons. The van der Waals surface area contributed by atoms with Crippen LogP contribution in [0.4, 0.5) is 11.4 Å². The lowest BCUT2D eigenvalue weighted by atomic mass is 9.92. The van der Waals surface area contributed by atoms with Crippen molar-refractivity contribution in [3.63, 3.8) is 0 Å². The number of nitrogens with zero attached hydrogens (tertiary/aromatic N) is 3. The van der Waals surface area contributed by atoms with E-state index in [2.05, 4.69) is 16.8 Å². The van der Waals surface area contributed by atoms with E-state index in [1.54, 1.807) is 19.2 Å². The Morgan fingerprint density at radius 3 is 2.28 bits per heavy atom. The van der Waals surface area contributed by atoms with Crippen LogP contribution in [0, 0.1) is 6.92 Å². The average molecular weight is 530 g/mol. The maximum atomic E-state index is 13.5. The molecule has 1 N–H and O–H groups in total. The molecule has 39 heavy (non-hydrogen) atoms. The van der Waals surface area contributed by atoms with Crippen LogP contribution < -0.4 is 14.5 Å². The zero-order valence-corrected chi connectivity index (χ0v) is 23.1. The summed E-state index contributed by atoms with van der Waals surface area (Å²) in [5.41, 5.74) is 3.74. The maximum absolute atomic E-state index is 13.5. The number of piperazine rings is 1. The SMILES string of the molecule is COc1cc(C)c(/C(O)=C2\C(=O)C(=O)N(c3ccc(N4CCN(C)CC4)cc3)C2c2ccco2)cc1C(C)C. The predicted octanol–water partition coefficient (Wildman–Crippen LogP) is 5.10. The second kappa shape index (κ2) is 10.6. The van der Waals surface area contributed by atoms with Gasteiger partial charge >= 0.3 is 0 Å². The molecule has 1 aromatic heterocycles. The third-order valence-corrected chi connectivity index (χ3v) is 7.71. The van der Waals surface area contributed by atoms with E-state index < -0.39 is 17.7 Å². The minimum absolute atomic E-state index is 0.000988. The number of amides is 1. The van der Waals surface area contributed by atoms with Crippen molar-refractivity contribution in [3.8, 4) is 5.75 Å². The van der Waals surface area contributed by atoms with Crippen LogP contribution in [0.2, 0.25) is 0 Å². The van der Waals surface area contributed by atoms with Gasteiger partial charge in [0, 0.05) is 43.1 Å². The third kappa shape index (κ3) is 4.81. The largest absolute Gasteiger partial charge is 0.507 e. The summed E-state index contributed by atoms with van der Waals surface area (Å²) >= 11 is 0. The van der Waals surface area contributed by atoms with Gasteiger partial charge in [-0.1, -0.05) is 13.8 Å². The zero-order valence-electron chi connectivity index (χ0n) is 23.1. The van der Waals surface area contributed by atoms with Gasteiger partial charge in [-0.25, -0.2) is 0 Å². The molecule has 8 nitrogen and oxygen atoms in total. The Bertz CT molecular complexity index is 1400. The van der Waals surface area contributed by atoms with Gasteiger partial charge in [0.05, 0.1) is 18.9 Å². The fourth-order valence-electron chi connectivity index (χ4n) is 5.43. The van der Waals surface area contributed by atoms with E-state index in [-0.39, 0.29) is 17.3 Å². The second-order valence-electron chi connectivity index (χ2n) is 10.6. The van der Waals surface area contributed by atoms with Gasteiger partial charge in [0.2, 0.25) is 0 Å². The van der Waals surface area contributed by atoms with Gasteiger partial charge < -0.3 is 24.1 Å². The average Bonchev–Trinajstić information content (AvgIpc) is 3.55. The molecule has 0 spiro atoms. The molecule has 2 aliphatic heterocycles. The minimum Gasteiger partial charge on any atom is -0.507 e. The number of benzene rings is 2. The van der Waals surface area contributed by atoms with Crippen LogP contribution in [0.5, 0.6) is 5.75 Å². The molecule has 204 valence electrons. The Morgan fingerprint density at radius 2 is 1.69 bits per heavy atom. The van der Waals surface area contributed by atoms with Crippen LogP contribution in [0.1, 0.15) is 48.3 Å². The van der Waals surface area contributed by atoms with E-state index in [1.807, 2.05) is 57.2 Å². The van der Waals surface area contributed by atoms with Gasteiger partial charge in [0.15, 0.2) is 0 Å². The lowest BCUT2D eigenvalue weighted by Gasteiger charge is -2.34. The molecule has 8 heteroatoms. The molecule has 1 amide bonds. The highest BCUT2D eigenvalue weighted by Gasteiger charge is 2.48. The highest BCUT2D eigenvalue weighted by atomic mass is 16.5. The van der Waals surface area contributed by atoms with Crippen molar-refractivity contribution < 1.29 is 23.8 Å². The summed E-state index contributed by atoms with van der Waals surface area (Å²) in [6.45, 7) is 9.72. The summed E-state index contributed by atoms with van der Waals surface area (Å²) in [6, 6.07) is 13.9. The number of rotatable bonds is 6. The van der Waals surface area contributed by atoms with E-state index >= 15 is 0 Å². The third-order valence-electron chi connectivity index (χ3n) is 7.71. The smallest absolute Gasteiger partial charge is 0.300 e. The first-order chi connectivity index (χ1) is 18.7.